The molecule has 0 unspecified atom stereocenters. The lowest BCUT2D eigenvalue weighted by Crippen LogP contribution is -2.49. The highest BCUT2D eigenvalue weighted by Gasteiger charge is 2.24. The predicted molar refractivity (Wildman–Crippen MR) is 148 cm³/mol. The number of allylic oxidation sites excluding steroid dienone is 1. The van der Waals surface area contributed by atoms with Gasteiger partial charge in [0.2, 0.25) is 0 Å². The van der Waals surface area contributed by atoms with Gasteiger partial charge in [-0.1, -0.05) is 32.1 Å². The number of pyridine rings is 1. The summed E-state index contributed by atoms with van der Waals surface area (Å²) < 4.78 is 0. The van der Waals surface area contributed by atoms with Crippen LogP contribution in [0.2, 0.25) is 0 Å². The molecule has 182 valence electrons. The molecule has 4 heteroatoms. The van der Waals surface area contributed by atoms with Crippen LogP contribution in [0.25, 0.3) is 17.2 Å². The van der Waals surface area contributed by atoms with Crippen molar-refractivity contribution in [3.63, 3.8) is 0 Å². The number of hydrogen-bond donors (Lipinski definition) is 0. The molecule has 0 N–H and O–H groups in total. The summed E-state index contributed by atoms with van der Waals surface area (Å²) in [5, 5.41) is 0. The summed E-state index contributed by atoms with van der Waals surface area (Å²) in [4.78, 5) is 12.2. The quantitative estimate of drug-likeness (QED) is 0.436. The van der Waals surface area contributed by atoms with Crippen LogP contribution in [0.15, 0.2) is 49.3 Å². The molecule has 2 heterocycles. The minimum absolute atomic E-state index is 0.604. The molecule has 0 atom stereocenters. The molecule has 1 aromatic carbocycles. The summed E-state index contributed by atoms with van der Waals surface area (Å²) in [7, 11) is 0. The van der Waals surface area contributed by atoms with Gasteiger partial charge in [0.25, 0.3) is 0 Å². The molecule has 0 spiro atoms. The van der Waals surface area contributed by atoms with Gasteiger partial charge in [-0.25, -0.2) is 4.98 Å². The SMILES string of the molecule is C=Cc1cc(-c2ccc(N3CCN(C(C)C)CC3)nc2)cc(N(CC)C(=C)C2CCCC2)c1C. The first-order valence-corrected chi connectivity index (χ1v) is 13.1. The Labute approximate surface area is 207 Å². The van der Waals surface area contributed by atoms with Gasteiger partial charge in [-0.15, -0.1) is 0 Å². The highest BCUT2D eigenvalue weighted by atomic mass is 15.3. The molecule has 4 rings (SSSR count). The van der Waals surface area contributed by atoms with Crippen LogP contribution in [0.1, 0.15) is 57.6 Å². The van der Waals surface area contributed by atoms with Crippen molar-refractivity contribution in [3.05, 3.63) is 60.4 Å². The average molecular weight is 459 g/mol. The lowest BCUT2D eigenvalue weighted by atomic mass is 9.96. The van der Waals surface area contributed by atoms with Crippen molar-refractivity contribution < 1.29 is 0 Å². The van der Waals surface area contributed by atoms with Gasteiger partial charge >= 0.3 is 0 Å². The van der Waals surface area contributed by atoms with Crippen LogP contribution in [-0.2, 0) is 0 Å². The Morgan fingerprint density at radius 1 is 1.12 bits per heavy atom. The number of benzene rings is 1. The van der Waals surface area contributed by atoms with E-state index in [2.05, 4.69) is 79.8 Å². The zero-order valence-electron chi connectivity index (χ0n) is 21.7. The Bertz CT molecular complexity index is 993. The molecule has 1 aliphatic carbocycles. The summed E-state index contributed by atoms with van der Waals surface area (Å²) in [5.74, 6) is 1.68. The molecule has 1 saturated heterocycles. The summed E-state index contributed by atoms with van der Waals surface area (Å²) in [6.45, 7) is 22.8. The number of anilines is 2. The van der Waals surface area contributed by atoms with E-state index < -0.39 is 0 Å². The minimum atomic E-state index is 0.604. The highest BCUT2D eigenvalue weighted by molar-refractivity contribution is 5.77. The third-order valence-electron chi connectivity index (χ3n) is 7.87. The van der Waals surface area contributed by atoms with Crippen molar-refractivity contribution in [2.24, 2.45) is 5.92 Å². The van der Waals surface area contributed by atoms with E-state index in [-0.39, 0.29) is 0 Å². The van der Waals surface area contributed by atoms with Crippen LogP contribution in [-0.4, -0.2) is 48.6 Å². The molecule has 0 radical (unpaired) electrons. The van der Waals surface area contributed by atoms with Crippen molar-refractivity contribution in [2.45, 2.75) is 59.4 Å². The number of rotatable bonds is 8. The topological polar surface area (TPSA) is 22.6 Å². The number of piperazine rings is 1. The lowest BCUT2D eigenvalue weighted by Gasteiger charge is -2.37. The van der Waals surface area contributed by atoms with E-state index >= 15 is 0 Å². The van der Waals surface area contributed by atoms with Crippen LogP contribution in [0.5, 0.6) is 0 Å². The van der Waals surface area contributed by atoms with Gasteiger partial charge in [0.1, 0.15) is 5.82 Å². The lowest BCUT2D eigenvalue weighted by molar-refractivity contribution is 0.209. The number of aromatic nitrogens is 1. The van der Waals surface area contributed by atoms with Crippen LogP contribution in [0, 0.1) is 12.8 Å². The van der Waals surface area contributed by atoms with Crippen molar-refractivity contribution in [1.29, 1.82) is 0 Å². The van der Waals surface area contributed by atoms with Gasteiger partial charge in [0, 0.05) is 61.9 Å². The van der Waals surface area contributed by atoms with Gasteiger partial charge < -0.3 is 9.80 Å². The summed E-state index contributed by atoms with van der Waals surface area (Å²) in [6, 6.07) is 9.59. The van der Waals surface area contributed by atoms with Crippen LogP contribution in [0.4, 0.5) is 11.5 Å². The molecule has 1 aromatic heterocycles. The van der Waals surface area contributed by atoms with Crippen molar-refractivity contribution in [2.75, 3.05) is 42.5 Å². The third-order valence-corrected chi connectivity index (χ3v) is 7.87. The minimum Gasteiger partial charge on any atom is -0.354 e. The Kier molecular flexibility index (Phi) is 7.77. The predicted octanol–water partition coefficient (Wildman–Crippen LogP) is 6.76. The van der Waals surface area contributed by atoms with E-state index in [1.807, 2.05) is 12.3 Å². The van der Waals surface area contributed by atoms with Gasteiger partial charge in [0.05, 0.1) is 0 Å². The second-order valence-electron chi connectivity index (χ2n) is 10.2. The molecular formula is C30H42N4. The molecule has 1 aliphatic heterocycles. The van der Waals surface area contributed by atoms with Gasteiger partial charge in [-0.2, -0.15) is 0 Å². The van der Waals surface area contributed by atoms with Crippen molar-refractivity contribution in [3.8, 4) is 11.1 Å². The second-order valence-corrected chi connectivity index (χ2v) is 10.2. The second kappa shape index (κ2) is 10.8. The van der Waals surface area contributed by atoms with Crippen molar-refractivity contribution in [1.82, 2.24) is 9.88 Å². The smallest absolute Gasteiger partial charge is 0.128 e. The first-order chi connectivity index (χ1) is 16.4. The van der Waals surface area contributed by atoms with Gasteiger partial charge in [-0.3, -0.25) is 4.90 Å². The molecule has 2 fully saturated rings. The van der Waals surface area contributed by atoms with E-state index in [0.717, 1.165) is 44.1 Å². The average Bonchev–Trinajstić information content (AvgIpc) is 3.41. The Morgan fingerprint density at radius 3 is 2.38 bits per heavy atom. The van der Waals surface area contributed by atoms with E-state index in [1.54, 1.807) is 0 Å². The molecule has 34 heavy (non-hydrogen) atoms. The molecule has 0 amide bonds. The maximum Gasteiger partial charge on any atom is 0.128 e. The zero-order chi connectivity index (χ0) is 24.2. The summed E-state index contributed by atoms with van der Waals surface area (Å²) in [6.07, 6.45) is 9.18. The molecule has 2 aliphatic rings. The van der Waals surface area contributed by atoms with E-state index in [1.165, 1.54) is 53.8 Å². The fourth-order valence-corrected chi connectivity index (χ4v) is 5.60. The fraction of sp³-hybridized carbons (Fsp3) is 0.500. The Hall–Kier alpha value is -2.59. The number of hydrogen-bond acceptors (Lipinski definition) is 4. The molecule has 1 saturated carbocycles. The fourth-order valence-electron chi connectivity index (χ4n) is 5.60. The maximum atomic E-state index is 4.87. The molecule has 0 bridgehead atoms. The molecular weight excluding hydrogens is 416 g/mol. The van der Waals surface area contributed by atoms with E-state index in [9.17, 15) is 0 Å². The Morgan fingerprint density at radius 2 is 1.82 bits per heavy atom. The van der Waals surface area contributed by atoms with Crippen LogP contribution >= 0.6 is 0 Å². The van der Waals surface area contributed by atoms with E-state index in [0.29, 0.717) is 12.0 Å². The van der Waals surface area contributed by atoms with Crippen LogP contribution in [0.3, 0.4) is 0 Å². The summed E-state index contributed by atoms with van der Waals surface area (Å²) in [5.41, 5.74) is 7.31. The van der Waals surface area contributed by atoms with Gasteiger partial charge in [0.15, 0.2) is 0 Å². The summed E-state index contributed by atoms with van der Waals surface area (Å²) >= 11 is 0. The van der Waals surface area contributed by atoms with E-state index in [4.69, 9.17) is 4.98 Å². The van der Waals surface area contributed by atoms with Gasteiger partial charge in [-0.05, 0) is 87.4 Å². The monoisotopic (exact) mass is 458 g/mol. The Balaban J connectivity index is 1.59. The van der Waals surface area contributed by atoms with Crippen molar-refractivity contribution >= 4 is 17.6 Å². The standard InChI is InChI=1S/C30H42N4/c1-7-25-19-28(20-29(23(25)5)34(8-2)24(6)26-11-9-10-12-26)27-13-14-30(31-21-27)33-17-15-32(16-18-33)22(3)4/h7,13-14,19-22,26H,1,6,8-12,15-18H2,2-5H3. The normalized spacial score (nSPS) is 17.4. The first kappa shape index (κ1) is 24.5. The zero-order valence-corrected chi connectivity index (χ0v) is 21.7. The van der Waals surface area contributed by atoms with Crippen LogP contribution < -0.4 is 9.80 Å². The third kappa shape index (κ3) is 5.07. The molecule has 2 aromatic rings. The first-order valence-electron chi connectivity index (χ1n) is 13.1. The largest absolute Gasteiger partial charge is 0.354 e. The maximum absolute atomic E-state index is 4.87. The molecule has 4 nitrogen and oxygen atoms in total. The number of nitrogens with zero attached hydrogens (tertiary/aromatic N) is 4. The highest BCUT2D eigenvalue weighted by Crippen LogP contribution is 2.38.